The molecule has 4 atom stereocenters. The van der Waals surface area contributed by atoms with Gasteiger partial charge in [-0.25, -0.2) is 9.88 Å². The highest BCUT2D eigenvalue weighted by atomic mass is 35.5. The van der Waals surface area contributed by atoms with Gasteiger partial charge in [-0.05, 0) is 37.5 Å². The van der Waals surface area contributed by atoms with Gasteiger partial charge in [0.05, 0.1) is 52.0 Å². The molecule has 0 spiro atoms. The van der Waals surface area contributed by atoms with Crippen LogP contribution >= 0.6 is 11.6 Å². The van der Waals surface area contributed by atoms with Crippen LogP contribution in [0.5, 0.6) is 5.88 Å². The molecule has 2 aromatic carbocycles. The zero-order chi connectivity index (χ0) is 26.5. The lowest BCUT2D eigenvalue weighted by Gasteiger charge is -2.31. The van der Waals surface area contributed by atoms with Crippen LogP contribution in [0.1, 0.15) is 51.0 Å². The maximum Gasteiger partial charge on any atom is 0.240 e. The van der Waals surface area contributed by atoms with Gasteiger partial charge in [-0.15, -0.1) is 0 Å². The van der Waals surface area contributed by atoms with E-state index in [1.165, 1.54) is 11.1 Å². The van der Waals surface area contributed by atoms with Gasteiger partial charge in [0.15, 0.2) is 0 Å². The summed E-state index contributed by atoms with van der Waals surface area (Å²) in [5, 5.41) is 11.6. The Labute approximate surface area is 226 Å². The number of benzene rings is 2. The summed E-state index contributed by atoms with van der Waals surface area (Å²) in [7, 11) is 0. The Balaban J connectivity index is 1.36. The highest BCUT2D eigenvalue weighted by molar-refractivity contribution is 6.30. The summed E-state index contributed by atoms with van der Waals surface area (Å²) in [5.74, 6) is -1.07. The number of rotatable bonds is 8. The van der Waals surface area contributed by atoms with Gasteiger partial charge >= 0.3 is 0 Å². The predicted molar refractivity (Wildman–Crippen MR) is 143 cm³/mol. The SMILES string of the molecule is CCCC[C@]12CC[C@](CCOc3ccc(Cl)cn3)(O1)[C@@H]1C(=O)N(c3ccc(C#N)c4ccccc34)C(=O)[C@@H]12. The standard InChI is InChI=1S/C30H28ClN3O4/c1-2-3-12-29-13-14-30(38-29,15-16-37-24-11-9-20(31)18-33-24)26-25(29)27(35)34(28(26)36)23-10-8-19(17-32)21-6-4-5-7-22(21)23/h4-11,18,25-26H,2-3,12-16H2,1H3/t25-,26+,29-,30-/m1/s1. The summed E-state index contributed by atoms with van der Waals surface area (Å²) in [6.07, 6.45) is 6.10. The molecular formula is C30H28ClN3O4. The zero-order valence-corrected chi connectivity index (χ0v) is 21.9. The van der Waals surface area contributed by atoms with Gasteiger partial charge in [-0.2, -0.15) is 5.26 Å². The first-order chi connectivity index (χ1) is 18.4. The summed E-state index contributed by atoms with van der Waals surface area (Å²) >= 11 is 5.94. The molecule has 2 amide bonds. The molecule has 3 aliphatic heterocycles. The van der Waals surface area contributed by atoms with Crippen molar-refractivity contribution in [2.24, 2.45) is 11.8 Å². The van der Waals surface area contributed by atoms with Crippen molar-refractivity contribution in [3.8, 4) is 11.9 Å². The fourth-order valence-electron chi connectivity index (χ4n) is 6.83. The van der Waals surface area contributed by atoms with Gasteiger partial charge < -0.3 is 9.47 Å². The van der Waals surface area contributed by atoms with Crippen LogP contribution in [0, 0.1) is 23.2 Å². The molecule has 3 fully saturated rings. The molecule has 3 aliphatic rings. The average molecular weight is 530 g/mol. The molecular weight excluding hydrogens is 502 g/mol. The van der Waals surface area contributed by atoms with E-state index in [1.54, 1.807) is 24.3 Å². The van der Waals surface area contributed by atoms with Crippen LogP contribution in [0.3, 0.4) is 0 Å². The van der Waals surface area contributed by atoms with E-state index in [9.17, 15) is 14.9 Å². The topological polar surface area (TPSA) is 92.5 Å². The molecule has 8 heteroatoms. The molecule has 3 aromatic rings. The Morgan fingerprint density at radius 2 is 1.76 bits per heavy atom. The van der Waals surface area contributed by atoms with Crippen LogP contribution in [0.15, 0.2) is 54.7 Å². The number of carbonyl (C=O) groups is 2. The zero-order valence-electron chi connectivity index (χ0n) is 21.2. The molecule has 0 saturated carbocycles. The Morgan fingerprint density at radius 3 is 2.42 bits per heavy atom. The minimum Gasteiger partial charge on any atom is -0.478 e. The van der Waals surface area contributed by atoms with Gasteiger partial charge in [-0.3, -0.25) is 9.59 Å². The van der Waals surface area contributed by atoms with Crippen LogP contribution in [-0.4, -0.2) is 34.6 Å². The van der Waals surface area contributed by atoms with E-state index in [2.05, 4.69) is 18.0 Å². The second kappa shape index (κ2) is 9.37. The Bertz CT molecular complexity index is 1470. The molecule has 0 aliphatic carbocycles. The predicted octanol–water partition coefficient (Wildman–Crippen LogP) is 5.83. The Kier molecular flexibility index (Phi) is 6.13. The van der Waals surface area contributed by atoms with E-state index >= 15 is 0 Å². The van der Waals surface area contributed by atoms with Gasteiger partial charge in [-0.1, -0.05) is 55.6 Å². The van der Waals surface area contributed by atoms with Gasteiger partial charge in [0, 0.05) is 29.5 Å². The van der Waals surface area contributed by atoms with Crippen molar-refractivity contribution >= 4 is 39.9 Å². The number of hydrogen-bond acceptors (Lipinski definition) is 6. The van der Waals surface area contributed by atoms with Crippen LogP contribution in [-0.2, 0) is 14.3 Å². The monoisotopic (exact) mass is 529 g/mol. The summed E-state index contributed by atoms with van der Waals surface area (Å²) in [4.78, 5) is 33.9. The van der Waals surface area contributed by atoms with E-state index < -0.39 is 23.0 Å². The fourth-order valence-corrected chi connectivity index (χ4v) is 6.94. The summed E-state index contributed by atoms with van der Waals surface area (Å²) in [5.41, 5.74) is -0.376. The van der Waals surface area contributed by atoms with Crippen molar-refractivity contribution in [3.05, 3.63) is 65.3 Å². The smallest absolute Gasteiger partial charge is 0.240 e. The number of nitriles is 1. The molecule has 38 heavy (non-hydrogen) atoms. The number of nitrogens with zero attached hydrogens (tertiary/aromatic N) is 3. The van der Waals surface area contributed by atoms with Crippen molar-refractivity contribution in [1.29, 1.82) is 5.26 Å². The lowest BCUT2D eigenvalue weighted by molar-refractivity contribution is -0.132. The molecule has 0 N–H and O–H groups in total. The van der Waals surface area contributed by atoms with E-state index in [0.29, 0.717) is 41.6 Å². The third kappa shape index (κ3) is 3.70. The quantitative estimate of drug-likeness (QED) is 0.341. The normalized spacial score (nSPS) is 27.7. The van der Waals surface area contributed by atoms with Gasteiger partial charge in [0.1, 0.15) is 0 Å². The van der Waals surface area contributed by atoms with Crippen LogP contribution < -0.4 is 9.64 Å². The summed E-state index contributed by atoms with van der Waals surface area (Å²) in [6, 6.07) is 16.5. The summed E-state index contributed by atoms with van der Waals surface area (Å²) in [6.45, 7) is 2.43. The fraction of sp³-hybridized carbons (Fsp3) is 0.400. The lowest BCUT2D eigenvalue weighted by atomic mass is 9.65. The molecule has 0 unspecified atom stereocenters. The van der Waals surface area contributed by atoms with Crippen LogP contribution in [0.4, 0.5) is 5.69 Å². The molecule has 2 bridgehead atoms. The minimum atomic E-state index is -0.769. The number of hydrogen-bond donors (Lipinski definition) is 0. The van der Waals surface area contributed by atoms with E-state index in [-0.39, 0.29) is 11.8 Å². The first-order valence-corrected chi connectivity index (χ1v) is 13.5. The van der Waals surface area contributed by atoms with Crippen molar-refractivity contribution < 1.29 is 19.1 Å². The average Bonchev–Trinajstić information content (AvgIpc) is 3.54. The second-order valence-corrected chi connectivity index (χ2v) is 10.9. The molecule has 194 valence electrons. The highest BCUT2D eigenvalue weighted by Crippen LogP contribution is 2.64. The molecule has 4 heterocycles. The van der Waals surface area contributed by atoms with Crippen molar-refractivity contribution in [1.82, 2.24) is 4.98 Å². The number of aromatic nitrogens is 1. The molecule has 3 saturated heterocycles. The first-order valence-electron chi connectivity index (χ1n) is 13.2. The maximum atomic E-state index is 14.2. The Morgan fingerprint density at radius 1 is 1.05 bits per heavy atom. The van der Waals surface area contributed by atoms with Gasteiger partial charge in [0.2, 0.25) is 17.7 Å². The van der Waals surface area contributed by atoms with Crippen molar-refractivity contribution in [2.45, 2.75) is 56.7 Å². The van der Waals surface area contributed by atoms with E-state index in [0.717, 1.165) is 36.5 Å². The number of imide groups is 1. The number of unbranched alkanes of at least 4 members (excludes halogenated alkanes) is 1. The highest BCUT2D eigenvalue weighted by Gasteiger charge is 2.75. The number of anilines is 1. The van der Waals surface area contributed by atoms with Gasteiger partial charge in [0.25, 0.3) is 0 Å². The third-order valence-corrected chi connectivity index (χ3v) is 8.73. The largest absolute Gasteiger partial charge is 0.478 e. The molecule has 6 rings (SSSR count). The summed E-state index contributed by atoms with van der Waals surface area (Å²) < 4.78 is 12.7. The number of carbonyl (C=O) groups excluding carboxylic acids is 2. The molecule has 1 aromatic heterocycles. The first kappa shape index (κ1) is 24.8. The van der Waals surface area contributed by atoms with Crippen molar-refractivity contribution in [2.75, 3.05) is 11.5 Å². The number of ether oxygens (including phenoxy) is 2. The van der Waals surface area contributed by atoms with Crippen LogP contribution in [0.25, 0.3) is 10.8 Å². The molecule has 0 radical (unpaired) electrons. The number of halogens is 1. The third-order valence-electron chi connectivity index (χ3n) is 8.51. The van der Waals surface area contributed by atoms with Crippen LogP contribution in [0.2, 0.25) is 5.02 Å². The molecule has 7 nitrogen and oxygen atoms in total. The number of pyridine rings is 1. The van der Waals surface area contributed by atoms with E-state index in [4.69, 9.17) is 21.1 Å². The minimum absolute atomic E-state index is 0.201. The second-order valence-electron chi connectivity index (χ2n) is 10.5. The van der Waals surface area contributed by atoms with E-state index in [1.807, 2.05) is 24.3 Å². The number of fused-ring (bicyclic) bond motifs is 6. The Hall–Kier alpha value is -3.47. The maximum absolute atomic E-state index is 14.2. The van der Waals surface area contributed by atoms with Crippen molar-refractivity contribution in [3.63, 3.8) is 0 Å². The lowest BCUT2D eigenvalue weighted by Crippen LogP contribution is -2.43. The number of amides is 2.